The molecule has 0 spiro atoms. The second-order valence-electron chi connectivity index (χ2n) is 5.23. The minimum absolute atomic E-state index is 0.355. The normalized spacial score (nSPS) is 16.5. The lowest BCUT2D eigenvalue weighted by Crippen LogP contribution is -2.12. The minimum atomic E-state index is -0.355. The quantitative estimate of drug-likeness (QED) is 0.856. The van der Waals surface area contributed by atoms with Gasteiger partial charge in [0.2, 0.25) is 0 Å². The van der Waals surface area contributed by atoms with Crippen molar-refractivity contribution in [1.29, 1.82) is 0 Å². The molecule has 1 aliphatic carbocycles. The van der Waals surface area contributed by atoms with Gasteiger partial charge in [-0.05, 0) is 53.3 Å². The van der Waals surface area contributed by atoms with E-state index in [1.807, 2.05) is 0 Å². The summed E-state index contributed by atoms with van der Waals surface area (Å²) in [5.74, 6) is 1.57. The molecule has 6 heteroatoms. The van der Waals surface area contributed by atoms with Crippen molar-refractivity contribution < 1.29 is 4.39 Å². The van der Waals surface area contributed by atoms with Crippen molar-refractivity contribution in [2.75, 3.05) is 5.73 Å². The summed E-state index contributed by atoms with van der Waals surface area (Å²) in [5.41, 5.74) is 6.87. The van der Waals surface area contributed by atoms with E-state index in [2.05, 4.69) is 22.4 Å². The Hall–Kier alpha value is -1.98. The Morgan fingerprint density at radius 1 is 1.47 bits per heavy atom. The van der Waals surface area contributed by atoms with Crippen molar-refractivity contribution in [3.05, 3.63) is 24.0 Å². The fraction of sp³-hybridized carbons (Fsp3) is 0.462. The van der Waals surface area contributed by atoms with Crippen molar-refractivity contribution in [1.82, 2.24) is 20.2 Å². The van der Waals surface area contributed by atoms with Crippen LogP contribution in [-0.2, 0) is 6.54 Å². The number of halogens is 1. The van der Waals surface area contributed by atoms with Crippen LogP contribution >= 0.6 is 0 Å². The first-order valence-corrected chi connectivity index (χ1v) is 6.46. The van der Waals surface area contributed by atoms with Gasteiger partial charge in [0.25, 0.3) is 0 Å². The topological polar surface area (TPSA) is 69.6 Å². The van der Waals surface area contributed by atoms with Gasteiger partial charge in [-0.1, -0.05) is 6.92 Å². The Morgan fingerprint density at radius 2 is 2.26 bits per heavy atom. The highest BCUT2D eigenvalue weighted by atomic mass is 19.1. The largest absolute Gasteiger partial charge is 0.398 e. The number of nitrogens with zero attached hydrogens (tertiary/aromatic N) is 4. The van der Waals surface area contributed by atoms with Crippen LogP contribution in [0.4, 0.5) is 10.1 Å². The zero-order valence-electron chi connectivity index (χ0n) is 10.8. The van der Waals surface area contributed by atoms with E-state index in [9.17, 15) is 4.39 Å². The lowest BCUT2D eigenvalue weighted by Gasteiger charge is -2.11. The third kappa shape index (κ3) is 2.43. The maximum absolute atomic E-state index is 13.1. The van der Waals surface area contributed by atoms with Crippen molar-refractivity contribution in [3.63, 3.8) is 0 Å². The third-order valence-corrected chi connectivity index (χ3v) is 3.67. The van der Waals surface area contributed by atoms with E-state index in [1.54, 1.807) is 10.7 Å². The number of anilines is 1. The molecule has 0 amide bonds. The van der Waals surface area contributed by atoms with Crippen molar-refractivity contribution in [3.8, 4) is 11.4 Å². The standard InChI is InChI=1S/C13H16FN5/c1-8(9-2-3-9)7-19-13(16-17-18-19)11-5-4-10(14)6-12(11)15/h4-6,8-9H,2-3,7,15H2,1H3. The highest BCUT2D eigenvalue weighted by Crippen LogP contribution is 2.37. The molecule has 0 bridgehead atoms. The highest BCUT2D eigenvalue weighted by molar-refractivity contribution is 5.71. The van der Waals surface area contributed by atoms with Crippen LogP contribution in [0.1, 0.15) is 19.8 Å². The second kappa shape index (κ2) is 4.60. The Balaban J connectivity index is 1.90. The smallest absolute Gasteiger partial charge is 0.184 e. The number of hydrogen-bond donors (Lipinski definition) is 1. The van der Waals surface area contributed by atoms with Crippen molar-refractivity contribution in [2.45, 2.75) is 26.3 Å². The average Bonchev–Trinajstić information content (AvgIpc) is 3.12. The highest BCUT2D eigenvalue weighted by Gasteiger charge is 2.29. The molecule has 1 saturated carbocycles. The Kier molecular flexibility index (Phi) is 2.93. The number of benzene rings is 1. The first kappa shape index (κ1) is 12.1. The van der Waals surface area contributed by atoms with E-state index in [0.717, 1.165) is 12.5 Å². The summed E-state index contributed by atoms with van der Waals surface area (Å²) in [5, 5.41) is 11.7. The molecule has 19 heavy (non-hydrogen) atoms. The summed E-state index contributed by atoms with van der Waals surface area (Å²) in [6.45, 7) is 2.97. The molecule has 0 saturated heterocycles. The predicted octanol–water partition coefficient (Wildman–Crippen LogP) is 2.11. The summed E-state index contributed by atoms with van der Waals surface area (Å²) in [6, 6.07) is 4.28. The molecular formula is C13H16FN5. The van der Waals surface area contributed by atoms with Crippen LogP contribution in [0.5, 0.6) is 0 Å². The molecule has 1 aliphatic rings. The molecule has 100 valence electrons. The zero-order chi connectivity index (χ0) is 13.4. The molecule has 2 N–H and O–H groups in total. The molecule has 2 aromatic rings. The fourth-order valence-corrected chi connectivity index (χ4v) is 2.34. The molecule has 1 heterocycles. The maximum atomic E-state index is 13.1. The summed E-state index contributed by atoms with van der Waals surface area (Å²) >= 11 is 0. The van der Waals surface area contributed by atoms with Crippen molar-refractivity contribution >= 4 is 5.69 Å². The molecule has 1 fully saturated rings. The molecule has 5 nitrogen and oxygen atoms in total. The summed E-state index contributed by atoms with van der Waals surface area (Å²) in [4.78, 5) is 0. The van der Waals surface area contributed by atoms with Crippen LogP contribution in [0.25, 0.3) is 11.4 Å². The van der Waals surface area contributed by atoms with Crippen LogP contribution < -0.4 is 5.73 Å². The lowest BCUT2D eigenvalue weighted by molar-refractivity contribution is 0.402. The Bertz CT molecular complexity index is 590. The van der Waals surface area contributed by atoms with Crippen LogP contribution in [0.15, 0.2) is 18.2 Å². The molecule has 0 radical (unpaired) electrons. The van der Waals surface area contributed by atoms with Gasteiger partial charge in [0.05, 0.1) is 0 Å². The number of nitrogen functional groups attached to an aromatic ring is 1. The van der Waals surface area contributed by atoms with E-state index < -0.39 is 0 Å². The second-order valence-corrected chi connectivity index (χ2v) is 5.23. The summed E-state index contributed by atoms with van der Waals surface area (Å²) < 4.78 is 14.8. The number of rotatable bonds is 4. The van der Waals surface area contributed by atoms with E-state index >= 15 is 0 Å². The first-order chi connectivity index (χ1) is 9.15. The number of aromatic nitrogens is 4. The van der Waals surface area contributed by atoms with Crippen LogP contribution in [0.2, 0.25) is 0 Å². The number of tetrazole rings is 1. The van der Waals surface area contributed by atoms with Gasteiger partial charge in [0.1, 0.15) is 5.82 Å². The molecule has 1 unspecified atom stereocenters. The van der Waals surface area contributed by atoms with Crippen LogP contribution in [0.3, 0.4) is 0 Å². The SMILES string of the molecule is CC(Cn1nnnc1-c1ccc(F)cc1N)C1CC1. The average molecular weight is 261 g/mol. The minimum Gasteiger partial charge on any atom is -0.398 e. The lowest BCUT2D eigenvalue weighted by atomic mass is 10.1. The molecule has 0 aliphatic heterocycles. The third-order valence-electron chi connectivity index (χ3n) is 3.67. The number of nitrogens with two attached hydrogens (primary N) is 1. The monoisotopic (exact) mass is 261 g/mol. The molecule has 3 rings (SSSR count). The first-order valence-electron chi connectivity index (χ1n) is 6.46. The zero-order valence-corrected chi connectivity index (χ0v) is 10.8. The molecular weight excluding hydrogens is 245 g/mol. The summed E-state index contributed by atoms with van der Waals surface area (Å²) in [6.07, 6.45) is 2.58. The van der Waals surface area contributed by atoms with E-state index in [-0.39, 0.29) is 5.82 Å². The predicted molar refractivity (Wildman–Crippen MR) is 69.5 cm³/mol. The summed E-state index contributed by atoms with van der Waals surface area (Å²) in [7, 11) is 0. The van der Waals surface area contributed by atoms with Gasteiger partial charge in [-0.2, -0.15) is 0 Å². The van der Waals surface area contributed by atoms with Gasteiger partial charge < -0.3 is 5.73 Å². The maximum Gasteiger partial charge on any atom is 0.184 e. The molecule has 1 atom stereocenters. The van der Waals surface area contributed by atoms with Gasteiger partial charge in [-0.25, -0.2) is 9.07 Å². The van der Waals surface area contributed by atoms with Gasteiger partial charge >= 0.3 is 0 Å². The van der Waals surface area contributed by atoms with Crippen LogP contribution in [-0.4, -0.2) is 20.2 Å². The van der Waals surface area contributed by atoms with E-state index in [1.165, 1.54) is 25.0 Å². The van der Waals surface area contributed by atoms with Gasteiger partial charge in [0.15, 0.2) is 5.82 Å². The van der Waals surface area contributed by atoms with Gasteiger partial charge in [-0.15, -0.1) is 5.10 Å². The number of hydrogen-bond acceptors (Lipinski definition) is 4. The molecule has 1 aromatic heterocycles. The fourth-order valence-electron chi connectivity index (χ4n) is 2.34. The van der Waals surface area contributed by atoms with Crippen molar-refractivity contribution in [2.24, 2.45) is 11.8 Å². The molecule has 1 aromatic carbocycles. The van der Waals surface area contributed by atoms with Gasteiger partial charge in [-0.3, -0.25) is 0 Å². The van der Waals surface area contributed by atoms with Gasteiger partial charge in [0, 0.05) is 17.8 Å². The Labute approximate surface area is 110 Å². The van der Waals surface area contributed by atoms with Crippen LogP contribution in [0, 0.1) is 17.7 Å². The Morgan fingerprint density at radius 3 is 2.95 bits per heavy atom. The van der Waals surface area contributed by atoms with E-state index in [4.69, 9.17) is 5.73 Å². The van der Waals surface area contributed by atoms with E-state index in [0.29, 0.717) is 23.0 Å².